The molecule has 0 radical (unpaired) electrons. The van der Waals surface area contributed by atoms with Crippen molar-refractivity contribution in [3.63, 3.8) is 0 Å². The van der Waals surface area contributed by atoms with Crippen molar-refractivity contribution < 1.29 is 86.5 Å². The minimum Gasteiger partial charge on any atom is -0.358 e. The molecule has 236 valence electrons. The number of piperidine rings is 1. The second kappa shape index (κ2) is 13.7. The Bertz CT molecular complexity index is 1940. The first-order chi connectivity index (χ1) is 21.0. The van der Waals surface area contributed by atoms with Gasteiger partial charge in [0.15, 0.2) is 5.82 Å². The topological polar surface area (TPSA) is 73.2 Å². The molecule has 1 saturated heterocycles. The van der Waals surface area contributed by atoms with Crippen LogP contribution in [0.15, 0.2) is 59.9 Å². The number of imidazole rings is 1. The Labute approximate surface area is 323 Å². The molecular weight excluding hydrogens is 719 g/mol. The van der Waals surface area contributed by atoms with Crippen molar-refractivity contribution in [2.24, 2.45) is 13.0 Å². The van der Waals surface area contributed by atoms with Crippen LogP contribution in [0.1, 0.15) is 55.3 Å². The van der Waals surface area contributed by atoms with Gasteiger partial charge in [-0.1, -0.05) is 13.0 Å². The minimum atomic E-state index is -4.66. The van der Waals surface area contributed by atoms with Crippen molar-refractivity contribution in [3.05, 3.63) is 95.7 Å². The quantitative estimate of drug-likeness (QED) is 0.196. The third-order valence-electron chi connectivity index (χ3n) is 8.60. The molecule has 4 aromatic heterocycles. The van der Waals surface area contributed by atoms with Gasteiger partial charge in [0, 0.05) is 49.7 Å². The summed E-state index contributed by atoms with van der Waals surface area (Å²) in [6.45, 7) is 4.08. The van der Waals surface area contributed by atoms with Gasteiger partial charge in [-0.25, -0.2) is 14.2 Å². The zero-order valence-electron chi connectivity index (χ0n) is 26.4. The summed E-state index contributed by atoms with van der Waals surface area (Å²) < 4.78 is 61.6. The van der Waals surface area contributed by atoms with Gasteiger partial charge in [0.1, 0.15) is 18.0 Å². The Kier molecular flexibility index (Phi) is 10.4. The standard InChI is InChI=1S/C32H31F4N7O.CH3.Cs/c1-19-4-3-9-41(14-19)15-20-10-26(32(34,35)36)28-17-43(31(44)42(28)16-20)29-12-22(11-27(38-29)21-5-6-21)24-8-7-23(33)13-25(24)30-39-37-18-40(30)2;;/h7-8,10-13,16-19,21H,3-6,9,14-15H2,1-2H3;1H3;/q;-1;+1/t19-;;/m0../s1. The summed E-state index contributed by atoms with van der Waals surface area (Å²) in [5.41, 5.74) is 1.19. The van der Waals surface area contributed by atoms with Crippen molar-refractivity contribution in [1.29, 1.82) is 0 Å². The summed E-state index contributed by atoms with van der Waals surface area (Å²) in [6, 6.07) is 9.05. The molecule has 5 aromatic rings. The van der Waals surface area contributed by atoms with E-state index < -0.39 is 23.2 Å². The number of rotatable bonds is 6. The molecule has 13 heteroatoms. The second-order valence-corrected chi connectivity index (χ2v) is 12.1. The van der Waals surface area contributed by atoms with Gasteiger partial charge in [0.05, 0.1) is 11.1 Å². The second-order valence-electron chi connectivity index (χ2n) is 12.1. The van der Waals surface area contributed by atoms with Crippen molar-refractivity contribution >= 4 is 5.52 Å². The van der Waals surface area contributed by atoms with Crippen LogP contribution >= 0.6 is 0 Å². The summed E-state index contributed by atoms with van der Waals surface area (Å²) >= 11 is 0. The molecule has 0 spiro atoms. The number of aromatic nitrogens is 6. The predicted molar refractivity (Wildman–Crippen MR) is 163 cm³/mol. The van der Waals surface area contributed by atoms with Crippen LogP contribution in [0.4, 0.5) is 17.6 Å². The Hall–Kier alpha value is -2.27. The largest absolute Gasteiger partial charge is 1.00 e. The number of alkyl halides is 3. The molecule has 8 nitrogen and oxygen atoms in total. The number of hydrogen-bond donors (Lipinski definition) is 0. The molecule has 7 rings (SSSR count). The number of halogens is 4. The number of hydrogen-bond acceptors (Lipinski definition) is 5. The van der Waals surface area contributed by atoms with Crippen LogP contribution in [0.3, 0.4) is 0 Å². The Morgan fingerprint density at radius 2 is 1.80 bits per heavy atom. The van der Waals surface area contributed by atoms with Crippen LogP contribution in [0.25, 0.3) is 33.8 Å². The molecule has 1 saturated carbocycles. The van der Waals surface area contributed by atoms with E-state index in [1.807, 2.05) is 6.07 Å². The summed E-state index contributed by atoms with van der Waals surface area (Å²) in [7, 11) is 1.75. The number of benzene rings is 1. The van der Waals surface area contributed by atoms with E-state index in [1.165, 1.54) is 35.4 Å². The van der Waals surface area contributed by atoms with Crippen LogP contribution in [-0.4, -0.2) is 46.7 Å². The van der Waals surface area contributed by atoms with Gasteiger partial charge in [-0.15, -0.1) is 10.2 Å². The average Bonchev–Trinajstić information content (AvgIpc) is 3.67. The first-order valence-electron chi connectivity index (χ1n) is 14.8. The number of likely N-dealkylation sites (tertiary alicyclic amines) is 1. The first kappa shape index (κ1) is 35.0. The zero-order chi connectivity index (χ0) is 30.7. The number of fused-ring (bicyclic) bond motifs is 1. The maximum Gasteiger partial charge on any atom is 1.00 e. The molecule has 1 atom stereocenters. The van der Waals surface area contributed by atoms with E-state index in [0.717, 1.165) is 54.9 Å². The van der Waals surface area contributed by atoms with E-state index in [2.05, 4.69) is 22.0 Å². The normalized spacial score (nSPS) is 17.1. The number of nitrogens with zero attached hydrogens (tertiary/aromatic N) is 7. The van der Waals surface area contributed by atoms with Gasteiger partial charge >= 0.3 is 80.8 Å². The summed E-state index contributed by atoms with van der Waals surface area (Å²) in [4.78, 5) is 20.7. The van der Waals surface area contributed by atoms with Gasteiger partial charge < -0.3 is 12.0 Å². The fourth-order valence-electron chi connectivity index (χ4n) is 6.30. The SMILES string of the molecule is C[C@H]1CCCN(Cc2cc(C(F)(F)F)c3cn(-c4cc(-c5ccc(F)cc5-c5nncn5C)cc(C5CC5)n4)c(=O)n3c2)C1.[CH3-].[Cs+]. The third-order valence-corrected chi connectivity index (χ3v) is 8.60. The molecule has 1 aliphatic carbocycles. The molecule has 2 fully saturated rings. The molecule has 2 aliphatic rings. The minimum absolute atomic E-state index is 0. The van der Waals surface area contributed by atoms with Crippen molar-refractivity contribution in [1.82, 2.24) is 33.6 Å². The van der Waals surface area contributed by atoms with E-state index >= 15 is 0 Å². The molecule has 1 aromatic carbocycles. The molecule has 0 N–H and O–H groups in total. The Morgan fingerprint density at radius 1 is 1.02 bits per heavy atom. The van der Waals surface area contributed by atoms with Gasteiger partial charge in [-0.3, -0.25) is 13.9 Å². The maximum absolute atomic E-state index is 14.4. The average molecular weight is 754 g/mol. The molecule has 0 unspecified atom stereocenters. The first-order valence-corrected chi connectivity index (χ1v) is 14.8. The van der Waals surface area contributed by atoms with E-state index in [0.29, 0.717) is 40.5 Å². The van der Waals surface area contributed by atoms with Gasteiger partial charge in [-0.05, 0) is 85.2 Å². The van der Waals surface area contributed by atoms with E-state index in [1.54, 1.807) is 23.7 Å². The van der Waals surface area contributed by atoms with Crippen molar-refractivity contribution in [3.8, 4) is 28.3 Å². The fraction of sp³-hybridized carbons (Fsp3) is 0.364. The summed E-state index contributed by atoms with van der Waals surface area (Å²) in [5.74, 6) is 0.832. The van der Waals surface area contributed by atoms with E-state index in [-0.39, 0.29) is 93.6 Å². The van der Waals surface area contributed by atoms with Gasteiger partial charge in [0.2, 0.25) is 0 Å². The maximum atomic E-state index is 14.4. The van der Waals surface area contributed by atoms with Crippen LogP contribution in [0.2, 0.25) is 0 Å². The van der Waals surface area contributed by atoms with E-state index in [4.69, 9.17) is 4.98 Å². The molecule has 0 amide bonds. The van der Waals surface area contributed by atoms with Crippen LogP contribution in [-0.2, 0) is 19.8 Å². The van der Waals surface area contributed by atoms with Crippen LogP contribution < -0.4 is 74.6 Å². The molecule has 46 heavy (non-hydrogen) atoms. The number of pyridine rings is 2. The Morgan fingerprint density at radius 3 is 2.48 bits per heavy atom. The third kappa shape index (κ3) is 6.96. The predicted octanol–water partition coefficient (Wildman–Crippen LogP) is 3.67. The molecule has 5 heterocycles. The van der Waals surface area contributed by atoms with Crippen LogP contribution in [0.5, 0.6) is 0 Å². The van der Waals surface area contributed by atoms with Crippen molar-refractivity contribution in [2.45, 2.75) is 51.2 Å². The zero-order valence-corrected chi connectivity index (χ0v) is 32.6. The molecule has 0 bridgehead atoms. The smallest absolute Gasteiger partial charge is 0.358 e. The number of aryl methyl sites for hydroxylation is 1. The Balaban J connectivity index is 0.00000208. The van der Waals surface area contributed by atoms with Crippen LogP contribution in [0, 0.1) is 19.2 Å². The summed E-state index contributed by atoms with van der Waals surface area (Å²) in [5, 5.41) is 8.09. The van der Waals surface area contributed by atoms with Gasteiger partial charge in [-0.2, -0.15) is 13.2 Å². The van der Waals surface area contributed by atoms with E-state index in [9.17, 15) is 22.4 Å². The fourth-order valence-corrected chi connectivity index (χ4v) is 6.30. The van der Waals surface area contributed by atoms with Crippen molar-refractivity contribution in [2.75, 3.05) is 13.1 Å². The monoisotopic (exact) mass is 753 g/mol. The van der Waals surface area contributed by atoms with Gasteiger partial charge in [0.25, 0.3) is 0 Å². The molecular formula is C33H34CsF4N7O. The molecule has 1 aliphatic heterocycles. The summed E-state index contributed by atoms with van der Waals surface area (Å²) in [6.07, 6.45) is 3.50.